The molecule has 0 bridgehead atoms. The largest absolute Gasteiger partial charge is 0.480 e. The van der Waals surface area contributed by atoms with E-state index < -0.39 is 17.7 Å². The quantitative estimate of drug-likeness (QED) is 0.897. The fourth-order valence-corrected chi connectivity index (χ4v) is 2.04. The number of carboxylic acids is 1. The minimum atomic E-state index is -1.02. The number of nitrogens with zero attached hydrogens (tertiary/aromatic N) is 3. The fourth-order valence-electron chi connectivity index (χ4n) is 2.04. The van der Waals surface area contributed by atoms with Crippen LogP contribution in [0.5, 0.6) is 0 Å². The molecular formula is C15H16N4O4. The van der Waals surface area contributed by atoms with Gasteiger partial charge in [-0.15, -0.1) is 0 Å². The molecule has 0 fully saturated rings. The number of carbonyl (C=O) groups excluding carboxylic acids is 1. The Morgan fingerprint density at radius 3 is 2.74 bits per heavy atom. The summed E-state index contributed by atoms with van der Waals surface area (Å²) in [6.07, 6.45) is 2.12. The summed E-state index contributed by atoms with van der Waals surface area (Å²) in [5.41, 5.74) is 0.0860. The number of amides is 1. The molecule has 23 heavy (non-hydrogen) atoms. The number of nitrogens with one attached hydrogen (secondary N) is 1. The molecule has 2 N–H and O–H groups in total. The number of anilines is 1. The number of fused-ring (bicyclic) bond motifs is 1. The molecule has 2 heterocycles. The van der Waals surface area contributed by atoms with Gasteiger partial charge in [-0.2, -0.15) is 5.26 Å². The van der Waals surface area contributed by atoms with Gasteiger partial charge in [0.15, 0.2) is 0 Å². The van der Waals surface area contributed by atoms with Crippen molar-refractivity contribution in [2.45, 2.75) is 32.9 Å². The molecule has 0 atom stereocenters. The zero-order chi connectivity index (χ0) is 17.2. The van der Waals surface area contributed by atoms with Gasteiger partial charge in [-0.25, -0.2) is 9.78 Å². The first kappa shape index (κ1) is 16.3. The summed E-state index contributed by atoms with van der Waals surface area (Å²) in [6, 6.07) is 3.54. The summed E-state index contributed by atoms with van der Waals surface area (Å²) < 4.78 is 6.60. The molecule has 1 amide bonds. The van der Waals surface area contributed by atoms with Crippen LogP contribution in [0.25, 0.3) is 11.0 Å². The summed E-state index contributed by atoms with van der Waals surface area (Å²) >= 11 is 0. The number of nitriles is 1. The van der Waals surface area contributed by atoms with Crippen molar-refractivity contribution in [1.82, 2.24) is 9.55 Å². The van der Waals surface area contributed by atoms with Crippen LogP contribution in [-0.2, 0) is 16.1 Å². The van der Waals surface area contributed by atoms with Crippen molar-refractivity contribution in [2.24, 2.45) is 0 Å². The lowest BCUT2D eigenvalue weighted by Gasteiger charge is -2.20. The Morgan fingerprint density at radius 2 is 2.17 bits per heavy atom. The van der Waals surface area contributed by atoms with Gasteiger partial charge in [0, 0.05) is 17.8 Å². The third-order valence-corrected chi connectivity index (χ3v) is 2.84. The van der Waals surface area contributed by atoms with E-state index in [-0.39, 0.29) is 17.8 Å². The molecule has 2 rings (SSSR count). The maximum absolute atomic E-state index is 12.0. The Bertz CT molecular complexity index is 811. The van der Waals surface area contributed by atoms with Crippen LogP contribution in [0, 0.1) is 11.3 Å². The fraction of sp³-hybridized carbons (Fsp3) is 0.333. The van der Waals surface area contributed by atoms with E-state index >= 15 is 0 Å². The van der Waals surface area contributed by atoms with E-state index in [0.29, 0.717) is 11.0 Å². The van der Waals surface area contributed by atoms with Crippen LogP contribution in [0.3, 0.4) is 0 Å². The first-order chi connectivity index (χ1) is 10.7. The van der Waals surface area contributed by atoms with Gasteiger partial charge in [0.1, 0.15) is 23.9 Å². The summed E-state index contributed by atoms with van der Waals surface area (Å²) in [7, 11) is 0. The van der Waals surface area contributed by atoms with E-state index in [1.807, 2.05) is 6.07 Å². The molecule has 2 aromatic rings. The van der Waals surface area contributed by atoms with Gasteiger partial charge in [0.05, 0.1) is 11.3 Å². The maximum Gasteiger partial charge on any atom is 0.412 e. The van der Waals surface area contributed by atoms with E-state index in [1.165, 1.54) is 17.0 Å². The van der Waals surface area contributed by atoms with Crippen LogP contribution in [0.15, 0.2) is 18.5 Å². The molecule has 0 saturated heterocycles. The molecular weight excluding hydrogens is 300 g/mol. The molecule has 0 aliphatic carbocycles. The second kappa shape index (κ2) is 5.96. The van der Waals surface area contributed by atoms with Crippen molar-refractivity contribution in [1.29, 1.82) is 5.26 Å². The Morgan fingerprint density at radius 1 is 1.48 bits per heavy atom. The van der Waals surface area contributed by atoms with Gasteiger partial charge in [0.2, 0.25) is 0 Å². The second-order valence-electron chi connectivity index (χ2n) is 5.86. The molecule has 0 aliphatic heterocycles. The summed E-state index contributed by atoms with van der Waals surface area (Å²) in [6.45, 7) is 4.91. The van der Waals surface area contributed by atoms with Crippen LogP contribution in [0.1, 0.15) is 26.3 Å². The number of ether oxygens (including phenoxy) is 1. The number of carbonyl (C=O) groups is 2. The third-order valence-electron chi connectivity index (χ3n) is 2.84. The van der Waals surface area contributed by atoms with Crippen molar-refractivity contribution < 1.29 is 19.4 Å². The number of rotatable bonds is 3. The van der Waals surface area contributed by atoms with Crippen LogP contribution < -0.4 is 5.32 Å². The Kier molecular flexibility index (Phi) is 4.22. The SMILES string of the molecule is CC(C)(C)OC(=O)Nc1c(C#N)cnc2c1ccn2CC(=O)O. The molecule has 8 heteroatoms. The number of carboxylic acid groups (broad SMARTS) is 1. The van der Waals surface area contributed by atoms with Crippen molar-refractivity contribution in [2.75, 3.05) is 5.32 Å². The van der Waals surface area contributed by atoms with Gasteiger partial charge >= 0.3 is 12.1 Å². The molecule has 0 aliphatic rings. The number of aliphatic carboxylic acids is 1. The molecule has 8 nitrogen and oxygen atoms in total. The van der Waals surface area contributed by atoms with E-state index in [9.17, 15) is 14.9 Å². The highest BCUT2D eigenvalue weighted by atomic mass is 16.6. The molecule has 0 unspecified atom stereocenters. The zero-order valence-corrected chi connectivity index (χ0v) is 13.0. The van der Waals surface area contributed by atoms with Gasteiger partial charge < -0.3 is 14.4 Å². The predicted octanol–water partition coefficient (Wildman–Crippen LogP) is 2.34. The highest BCUT2D eigenvalue weighted by Crippen LogP contribution is 2.27. The van der Waals surface area contributed by atoms with E-state index in [2.05, 4.69) is 10.3 Å². The van der Waals surface area contributed by atoms with Crippen LogP contribution in [0.4, 0.5) is 10.5 Å². The van der Waals surface area contributed by atoms with E-state index in [1.54, 1.807) is 26.8 Å². The Hall–Kier alpha value is -3.08. The molecule has 2 aromatic heterocycles. The number of aromatic nitrogens is 2. The number of hydrogen-bond acceptors (Lipinski definition) is 5. The van der Waals surface area contributed by atoms with E-state index in [0.717, 1.165) is 0 Å². The average molecular weight is 316 g/mol. The topological polar surface area (TPSA) is 117 Å². The Balaban J connectivity index is 2.45. The summed E-state index contributed by atoms with van der Waals surface area (Å²) in [4.78, 5) is 26.9. The standard InChI is InChI=1S/C15H16N4O4/c1-15(2,3)23-14(22)18-12-9(6-16)7-17-13-10(12)4-5-19(13)8-11(20)21/h4-5,7H,8H2,1-3H3,(H,20,21)(H,17,18,22). The number of hydrogen-bond donors (Lipinski definition) is 2. The lowest BCUT2D eigenvalue weighted by molar-refractivity contribution is -0.137. The lowest BCUT2D eigenvalue weighted by Crippen LogP contribution is -2.27. The van der Waals surface area contributed by atoms with Crippen molar-refractivity contribution >= 4 is 28.8 Å². The average Bonchev–Trinajstić information content (AvgIpc) is 2.80. The van der Waals surface area contributed by atoms with Crippen LogP contribution >= 0.6 is 0 Å². The van der Waals surface area contributed by atoms with Crippen molar-refractivity contribution in [3.05, 3.63) is 24.0 Å². The highest BCUT2D eigenvalue weighted by molar-refractivity contribution is 6.00. The molecule has 0 saturated carbocycles. The highest BCUT2D eigenvalue weighted by Gasteiger charge is 2.20. The molecule has 0 radical (unpaired) electrons. The van der Waals surface area contributed by atoms with Crippen LogP contribution in [-0.4, -0.2) is 32.3 Å². The normalized spacial score (nSPS) is 11.0. The lowest BCUT2D eigenvalue weighted by atomic mass is 10.2. The maximum atomic E-state index is 12.0. The van der Waals surface area contributed by atoms with Gasteiger partial charge in [-0.05, 0) is 26.8 Å². The van der Waals surface area contributed by atoms with Crippen molar-refractivity contribution in [3.8, 4) is 6.07 Å². The first-order valence-corrected chi connectivity index (χ1v) is 6.81. The number of pyridine rings is 1. The Labute approximate surface area is 132 Å². The molecule has 120 valence electrons. The minimum Gasteiger partial charge on any atom is -0.480 e. The summed E-state index contributed by atoms with van der Waals surface area (Å²) in [5, 5.41) is 21.1. The minimum absolute atomic E-state index is 0.163. The van der Waals surface area contributed by atoms with Gasteiger partial charge in [-0.3, -0.25) is 10.1 Å². The first-order valence-electron chi connectivity index (χ1n) is 6.81. The van der Waals surface area contributed by atoms with Gasteiger partial charge in [-0.1, -0.05) is 0 Å². The van der Waals surface area contributed by atoms with Gasteiger partial charge in [0.25, 0.3) is 0 Å². The zero-order valence-electron chi connectivity index (χ0n) is 13.0. The molecule has 0 spiro atoms. The predicted molar refractivity (Wildman–Crippen MR) is 81.9 cm³/mol. The van der Waals surface area contributed by atoms with Crippen LogP contribution in [0.2, 0.25) is 0 Å². The summed E-state index contributed by atoms with van der Waals surface area (Å²) in [5.74, 6) is -1.02. The third kappa shape index (κ3) is 3.77. The smallest absolute Gasteiger partial charge is 0.412 e. The second-order valence-corrected chi connectivity index (χ2v) is 5.86. The van der Waals surface area contributed by atoms with Crippen molar-refractivity contribution in [3.63, 3.8) is 0 Å². The molecule has 0 aromatic carbocycles. The van der Waals surface area contributed by atoms with E-state index in [4.69, 9.17) is 9.84 Å². The monoisotopic (exact) mass is 316 g/mol.